The van der Waals surface area contributed by atoms with Crippen LogP contribution in [0.2, 0.25) is 0 Å². The molecule has 0 amide bonds. The summed E-state index contributed by atoms with van der Waals surface area (Å²) in [6.07, 6.45) is 0.970. The van der Waals surface area contributed by atoms with Crippen molar-refractivity contribution >= 4 is 11.0 Å². The number of benzene rings is 3. The highest BCUT2D eigenvalue weighted by atomic mass is 35.7. The van der Waals surface area contributed by atoms with Gasteiger partial charge in [-0.3, -0.25) is 0 Å². The van der Waals surface area contributed by atoms with Crippen LogP contribution in [0.3, 0.4) is 0 Å². The van der Waals surface area contributed by atoms with Gasteiger partial charge < -0.3 is 9.15 Å². The molecule has 0 fully saturated rings. The summed E-state index contributed by atoms with van der Waals surface area (Å²) in [6, 6.07) is 26.9. The van der Waals surface area contributed by atoms with E-state index in [1.807, 2.05) is 36.4 Å². The standard InChI is InChI=1S/C25H23NO2.ClHO4/c1-18-8-13-24-22(16-18)23(26-15-14-19-6-4-3-5-7-19)17-25(28-24)20-9-11-21(27-2)12-10-20;2-1(3,4)5/h3-13,16-17H,14-15H2,1-2H3;(H,2,3,4,5). The first-order chi connectivity index (χ1) is 15.7. The molecule has 0 aliphatic rings. The van der Waals surface area contributed by atoms with E-state index in [2.05, 4.69) is 54.4 Å². The minimum absolute atomic E-state index is 0.834. The Morgan fingerprint density at radius 1 is 0.879 bits per heavy atom. The van der Waals surface area contributed by atoms with Crippen molar-refractivity contribution in [3.8, 4) is 17.1 Å². The van der Waals surface area contributed by atoms with Gasteiger partial charge >= 0.3 is 0 Å². The number of aryl methyl sites for hydroxylation is 1. The second-order valence-electron chi connectivity index (χ2n) is 7.29. The fourth-order valence-electron chi connectivity index (χ4n) is 3.33. The minimum atomic E-state index is -4.94. The molecule has 7 nitrogen and oxygen atoms in total. The SMILES string of the molecule is COc1ccc(-c2cc(=[NH+]CCc3ccccc3)c3cc(C)ccc3o2)cc1.[O-][Cl+3]([O-])([O-])[O-]. The molecule has 172 valence electrons. The first-order valence-corrected chi connectivity index (χ1v) is 11.4. The van der Waals surface area contributed by atoms with Crippen LogP contribution in [0.5, 0.6) is 5.75 Å². The molecule has 0 aliphatic heterocycles. The van der Waals surface area contributed by atoms with Crippen molar-refractivity contribution < 1.29 is 43.0 Å². The molecule has 8 heteroatoms. The van der Waals surface area contributed by atoms with Crippen LogP contribution in [0.25, 0.3) is 22.3 Å². The van der Waals surface area contributed by atoms with E-state index in [0.29, 0.717) is 0 Å². The van der Waals surface area contributed by atoms with Gasteiger partial charge in [0.05, 0.1) is 18.6 Å². The molecule has 4 aromatic rings. The normalized spacial score (nSPS) is 11.8. The Labute approximate surface area is 193 Å². The molecule has 0 saturated heterocycles. The maximum absolute atomic E-state index is 8.49. The highest BCUT2D eigenvalue weighted by Crippen LogP contribution is 2.24. The Kier molecular flexibility index (Phi) is 8.21. The Balaban J connectivity index is 0.000000555. The van der Waals surface area contributed by atoms with Gasteiger partial charge in [0, 0.05) is 12.0 Å². The molecule has 0 aliphatic carbocycles. The van der Waals surface area contributed by atoms with Gasteiger partial charge in [0.15, 0.2) is 0 Å². The largest absolute Gasteiger partial charge is 0.497 e. The van der Waals surface area contributed by atoms with Gasteiger partial charge in [-0.1, -0.05) is 42.0 Å². The summed E-state index contributed by atoms with van der Waals surface area (Å²) in [6.45, 7) is 2.96. The second kappa shape index (κ2) is 11.1. The van der Waals surface area contributed by atoms with Crippen LogP contribution in [-0.2, 0) is 6.42 Å². The fraction of sp³-hybridized carbons (Fsp3) is 0.160. The fourth-order valence-corrected chi connectivity index (χ4v) is 3.33. The molecule has 0 bridgehead atoms. The molecule has 0 atom stereocenters. The van der Waals surface area contributed by atoms with Crippen LogP contribution in [-0.4, -0.2) is 13.7 Å². The number of hydrogen-bond donors (Lipinski definition) is 1. The number of methoxy groups -OCH3 is 1. The number of hydrogen-bond acceptors (Lipinski definition) is 6. The van der Waals surface area contributed by atoms with E-state index in [0.717, 1.165) is 46.4 Å². The summed E-state index contributed by atoms with van der Waals surface area (Å²) < 4.78 is 45.4. The molecule has 1 aromatic heterocycles. The monoisotopic (exact) mass is 469 g/mol. The maximum Gasteiger partial charge on any atom is 0.213 e. The smallest absolute Gasteiger partial charge is 0.213 e. The zero-order valence-electron chi connectivity index (χ0n) is 18.2. The van der Waals surface area contributed by atoms with Crippen molar-refractivity contribution in [2.24, 2.45) is 0 Å². The van der Waals surface area contributed by atoms with Crippen LogP contribution >= 0.6 is 0 Å². The number of halogens is 1. The van der Waals surface area contributed by atoms with Crippen LogP contribution < -0.4 is 33.7 Å². The third kappa shape index (κ3) is 7.71. The van der Waals surface area contributed by atoms with Crippen LogP contribution in [0.15, 0.2) is 83.3 Å². The van der Waals surface area contributed by atoms with Crippen molar-refractivity contribution in [1.82, 2.24) is 0 Å². The van der Waals surface area contributed by atoms with Gasteiger partial charge in [-0.2, -0.15) is 0 Å². The van der Waals surface area contributed by atoms with Crippen molar-refractivity contribution in [2.45, 2.75) is 13.3 Å². The van der Waals surface area contributed by atoms with Crippen molar-refractivity contribution in [3.63, 3.8) is 0 Å². The van der Waals surface area contributed by atoms with Crippen molar-refractivity contribution in [2.75, 3.05) is 13.7 Å². The topological polar surface area (TPSA) is 129 Å². The van der Waals surface area contributed by atoms with E-state index in [4.69, 9.17) is 27.8 Å². The predicted molar refractivity (Wildman–Crippen MR) is 112 cm³/mol. The van der Waals surface area contributed by atoms with E-state index in [1.54, 1.807) is 7.11 Å². The minimum Gasteiger partial charge on any atom is -0.497 e. The summed E-state index contributed by atoms with van der Waals surface area (Å²) in [4.78, 5) is 3.61. The number of fused-ring (bicyclic) bond motifs is 1. The third-order valence-electron chi connectivity index (χ3n) is 4.87. The Morgan fingerprint density at radius 3 is 2.18 bits per heavy atom. The molecule has 0 radical (unpaired) electrons. The Bertz CT molecular complexity index is 1240. The van der Waals surface area contributed by atoms with Gasteiger partial charge in [-0.05, 0) is 48.9 Å². The van der Waals surface area contributed by atoms with Crippen LogP contribution in [0.4, 0.5) is 0 Å². The average Bonchev–Trinajstić information content (AvgIpc) is 2.79. The third-order valence-corrected chi connectivity index (χ3v) is 4.87. The average molecular weight is 470 g/mol. The van der Waals surface area contributed by atoms with Crippen LogP contribution in [0, 0.1) is 17.2 Å². The number of rotatable bonds is 5. The van der Waals surface area contributed by atoms with Crippen LogP contribution in [0.1, 0.15) is 11.1 Å². The molecule has 1 N–H and O–H groups in total. The van der Waals surface area contributed by atoms with Gasteiger partial charge in [0.25, 0.3) is 0 Å². The second-order valence-corrected chi connectivity index (χ2v) is 8.05. The number of nitrogens with one attached hydrogen (secondary N) is 1. The summed E-state index contributed by atoms with van der Waals surface area (Å²) in [7, 11) is -3.27. The lowest BCUT2D eigenvalue weighted by molar-refractivity contribution is -2.00. The molecule has 33 heavy (non-hydrogen) atoms. The molecule has 4 rings (SSSR count). The molecule has 0 spiro atoms. The van der Waals surface area contributed by atoms with Crippen molar-refractivity contribution in [3.05, 3.63) is 95.3 Å². The lowest BCUT2D eigenvalue weighted by Crippen LogP contribution is -2.77. The molecule has 0 unspecified atom stereocenters. The van der Waals surface area contributed by atoms with Gasteiger partial charge in [-0.25, -0.2) is 23.6 Å². The lowest BCUT2D eigenvalue weighted by atomic mass is 10.1. The number of ether oxygens (including phenoxy) is 1. The highest BCUT2D eigenvalue weighted by molar-refractivity contribution is 5.78. The zero-order chi connectivity index (χ0) is 23.8. The van der Waals surface area contributed by atoms with E-state index < -0.39 is 10.2 Å². The Morgan fingerprint density at radius 2 is 1.55 bits per heavy atom. The molecule has 0 saturated carbocycles. The van der Waals surface area contributed by atoms with E-state index in [-0.39, 0.29) is 0 Å². The summed E-state index contributed by atoms with van der Waals surface area (Å²) in [5.41, 5.74) is 4.44. The predicted octanol–water partition coefficient (Wildman–Crippen LogP) is -1.12. The van der Waals surface area contributed by atoms with E-state index in [1.165, 1.54) is 11.1 Å². The summed E-state index contributed by atoms with van der Waals surface area (Å²) in [5, 5.41) is 2.19. The molecule has 3 aromatic carbocycles. The van der Waals surface area contributed by atoms with Gasteiger partial charge in [0.2, 0.25) is 5.36 Å². The van der Waals surface area contributed by atoms with E-state index >= 15 is 0 Å². The summed E-state index contributed by atoms with van der Waals surface area (Å²) >= 11 is 0. The first kappa shape index (κ1) is 24.4. The van der Waals surface area contributed by atoms with Gasteiger partial charge in [-0.15, -0.1) is 10.2 Å². The first-order valence-electron chi connectivity index (χ1n) is 10.1. The lowest BCUT2D eigenvalue weighted by Gasteiger charge is -2.17. The van der Waals surface area contributed by atoms with E-state index in [9.17, 15) is 0 Å². The zero-order valence-corrected chi connectivity index (χ0v) is 19.0. The summed E-state index contributed by atoms with van der Waals surface area (Å²) in [5.74, 6) is 1.67. The quantitative estimate of drug-likeness (QED) is 0.394. The Hall–Kier alpha value is -3.20. The van der Waals surface area contributed by atoms with Gasteiger partial charge in [0.1, 0.15) is 23.6 Å². The molecular formula is C25H24ClNO6. The molecule has 1 heterocycles. The highest BCUT2D eigenvalue weighted by Gasteiger charge is 2.09. The maximum atomic E-state index is 8.49. The van der Waals surface area contributed by atoms with Crippen molar-refractivity contribution in [1.29, 1.82) is 0 Å². The molecular weight excluding hydrogens is 446 g/mol.